The summed E-state index contributed by atoms with van der Waals surface area (Å²) in [7, 11) is 0. The molecule has 0 fully saturated rings. The van der Waals surface area contributed by atoms with Gasteiger partial charge in [-0.1, -0.05) is 38.1 Å². The van der Waals surface area contributed by atoms with E-state index in [2.05, 4.69) is 36.3 Å². The van der Waals surface area contributed by atoms with Gasteiger partial charge in [0.2, 0.25) is 0 Å². The van der Waals surface area contributed by atoms with E-state index in [1.54, 1.807) is 11.3 Å². The second kappa shape index (κ2) is 7.53. The molecule has 1 aromatic heterocycles. The van der Waals surface area contributed by atoms with Crippen molar-refractivity contribution in [3.05, 3.63) is 52.0 Å². The largest absolute Gasteiger partial charge is 0.387 e. The Hall–Kier alpha value is -1.23. The molecular weight excluding hydrogens is 268 g/mol. The SMILES string of the molecule is CC(C)Cc1ccc(C(O)CNCc2cncs2)cc1. The van der Waals surface area contributed by atoms with Gasteiger partial charge in [0.05, 0.1) is 11.6 Å². The molecule has 1 atom stereocenters. The van der Waals surface area contributed by atoms with Gasteiger partial charge in [0.1, 0.15) is 0 Å². The Morgan fingerprint density at radius 2 is 2.00 bits per heavy atom. The number of nitrogens with zero attached hydrogens (tertiary/aromatic N) is 1. The summed E-state index contributed by atoms with van der Waals surface area (Å²) in [5.74, 6) is 0.659. The Bertz CT molecular complexity index is 494. The highest BCUT2D eigenvalue weighted by molar-refractivity contribution is 7.09. The second-order valence-electron chi connectivity index (χ2n) is 5.45. The Morgan fingerprint density at radius 3 is 2.60 bits per heavy atom. The van der Waals surface area contributed by atoms with Crippen LogP contribution in [0.25, 0.3) is 0 Å². The van der Waals surface area contributed by atoms with Crippen molar-refractivity contribution in [3.8, 4) is 0 Å². The Balaban J connectivity index is 1.81. The minimum absolute atomic E-state index is 0.462. The molecule has 2 N–H and O–H groups in total. The van der Waals surface area contributed by atoms with Crippen LogP contribution >= 0.6 is 11.3 Å². The maximum Gasteiger partial charge on any atom is 0.0914 e. The lowest BCUT2D eigenvalue weighted by molar-refractivity contribution is 0.174. The van der Waals surface area contributed by atoms with E-state index in [1.807, 2.05) is 23.8 Å². The number of aliphatic hydroxyl groups is 1. The molecule has 2 aromatic rings. The molecule has 108 valence electrons. The number of benzene rings is 1. The van der Waals surface area contributed by atoms with E-state index in [0.717, 1.165) is 18.5 Å². The number of hydrogen-bond donors (Lipinski definition) is 2. The Morgan fingerprint density at radius 1 is 1.25 bits per heavy atom. The van der Waals surface area contributed by atoms with Gasteiger partial charge in [-0.15, -0.1) is 11.3 Å². The van der Waals surface area contributed by atoms with Crippen molar-refractivity contribution in [3.63, 3.8) is 0 Å². The van der Waals surface area contributed by atoms with Gasteiger partial charge in [0.25, 0.3) is 0 Å². The third kappa shape index (κ3) is 4.71. The predicted molar refractivity (Wildman–Crippen MR) is 83.8 cm³/mol. The maximum absolute atomic E-state index is 10.1. The Labute approximate surface area is 124 Å². The molecule has 0 saturated heterocycles. The number of rotatable bonds is 7. The summed E-state index contributed by atoms with van der Waals surface area (Å²) in [5, 5.41) is 13.4. The highest BCUT2D eigenvalue weighted by Gasteiger charge is 2.07. The molecule has 1 unspecified atom stereocenters. The Kier molecular flexibility index (Phi) is 5.71. The first kappa shape index (κ1) is 15.2. The van der Waals surface area contributed by atoms with E-state index in [1.165, 1.54) is 10.4 Å². The van der Waals surface area contributed by atoms with Crippen LogP contribution in [0, 0.1) is 5.92 Å². The van der Waals surface area contributed by atoms with Crippen LogP contribution in [0.5, 0.6) is 0 Å². The predicted octanol–water partition coefficient (Wildman–Crippen LogP) is 3.16. The van der Waals surface area contributed by atoms with Crippen molar-refractivity contribution < 1.29 is 5.11 Å². The monoisotopic (exact) mass is 290 g/mol. The number of aliphatic hydroxyl groups excluding tert-OH is 1. The van der Waals surface area contributed by atoms with E-state index in [9.17, 15) is 5.11 Å². The standard InChI is InChI=1S/C16H22N2OS/c1-12(2)7-13-3-5-14(6-4-13)16(19)10-17-8-15-9-18-11-20-15/h3-6,9,11-12,16-17,19H,7-8,10H2,1-2H3. The molecule has 0 aliphatic heterocycles. The van der Waals surface area contributed by atoms with Crippen LogP contribution in [0.15, 0.2) is 36.0 Å². The van der Waals surface area contributed by atoms with Crippen molar-refractivity contribution in [2.45, 2.75) is 32.9 Å². The van der Waals surface area contributed by atoms with Gasteiger partial charge in [-0.25, -0.2) is 0 Å². The first-order valence-electron chi connectivity index (χ1n) is 7.00. The minimum atomic E-state index is -0.462. The topological polar surface area (TPSA) is 45.1 Å². The fourth-order valence-electron chi connectivity index (χ4n) is 2.13. The van der Waals surface area contributed by atoms with Crippen molar-refractivity contribution in [1.29, 1.82) is 0 Å². The van der Waals surface area contributed by atoms with Crippen molar-refractivity contribution >= 4 is 11.3 Å². The molecule has 0 saturated carbocycles. The van der Waals surface area contributed by atoms with E-state index in [4.69, 9.17) is 0 Å². The first-order chi connectivity index (χ1) is 9.65. The van der Waals surface area contributed by atoms with Crippen molar-refractivity contribution in [2.75, 3.05) is 6.54 Å². The molecule has 0 spiro atoms. The smallest absolute Gasteiger partial charge is 0.0914 e. The molecule has 0 amide bonds. The van der Waals surface area contributed by atoms with Crippen LogP contribution in [0.4, 0.5) is 0 Å². The van der Waals surface area contributed by atoms with Crippen LogP contribution < -0.4 is 5.32 Å². The summed E-state index contributed by atoms with van der Waals surface area (Å²) in [5.41, 5.74) is 4.11. The van der Waals surface area contributed by atoms with Gasteiger partial charge in [-0.3, -0.25) is 4.98 Å². The summed E-state index contributed by atoms with van der Waals surface area (Å²) < 4.78 is 0. The lowest BCUT2D eigenvalue weighted by atomic mass is 10.0. The molecule has 0 bridgehead atoms. The third-order valence-corrected chi connectivity index (χ3v) is 3.91. The van der Waals surface area contributed by atoms with Gasteiger partial charge >= 0.3 is 0 Å². The molecule has 1 heterocycles. The maximum atomic E-state index is 10.1. The van der Waals surface area contributed by atoms with Crippen LogP contribution in [-0.4, -0.2) is 16.6 Å². The fraction of sp³-hybridized carbons (Fsp3) is 0.438. The van der Waals surface area contributed by atoms with Crippen molar-refractivity contribution in [1.82, 2.24) is 10.3 Å². The zero-order valence-corrected chi connectivity index (χ0v) is 12.9. The van der Waals surface area contributed by atoms with Gasteiger partial charge < -0.3 is 10.4 Å². The summed E-state index contributed by atoms with van der Waals surface area (Å²) in [6.45, 7) is 5.74. The number of hydrogen-bond acceptors (Lipinski definition) is 4. The van der Waals surface area contributed by atoms with E-state index in [0.29, 0.717) is 12.5 Å². The summed E-state index contributed by atoms with van der Waals surface area (Å²) >= 11 is 1.62. The van der Waals surface area contributed by atoms with Gasteiger partial charge in [0, 0.05) is 24.2 Å². The molecule has 3 nitrogen and oxygen atoms in total. The quantitative estimate of drug-likeness (QED) is 0.823. The molecule has 4 heteroatoms. The van der Waals surface area contributed by atoms with E-state index in [-0.39, 0.29) is 0 Å². The highest BCUT2D eigenvalue weighted by Crippen LogP contribution is 2.15. The fourth-order valence-corrected chi connectivity index (χ4v) is 2.69. The molecule has 2 rings (SSSR count). The van der Waals surface area contributed by atoms with Crippen LogP contribution in [0.2, 0.25) is 0 Å². The summed E-state index contributed by atoms with van der Waals surface area (Å²) in [6.07, 6.45) is 2.47. The van der Waals surface area contributed by atoms with Crippen LogP contribution in [-0.2, 0) is 13.0 Å². The summed E-state index contributed by atoms with van der Waals surface area (Å²) in [4.78, 5) is 5.21. The average Bonchev–Trinajstić information content (AvgIpc) is 2.92. The molecule has 0 aliphatic rings. The van der Waals surface area contributed by atoms with Crippen LogP contribution in [0.3, 0.4) is 0 Å². The normalized spacial score (nSPS) is 12.8. The first-order valence-corrected chi connectivity index (χ1v) is 7.88. The van der Waals surface area contributed by atoms with Gasteiger partial charge in [-0.2, -0.15) is 0 Å². The zero-order chi connectivity index (χ0) is 14.4. The molecule has 20 heavy (non-hydrogen) atoms. The zero-order valence-electron chi connectivity index (χ0n) is 12.0. The van der Waals surface area contributed by atoms with E-state index >= 15 is 0 Å². The third-order valence-electron chi connectivity index (χ3n) is 3.13. The molecule has 0 aliphatic carbocycles. The van der Waals surface area contributed by atoms with Crippen LogP contribution in [0.1, 0.15) is 36.0 Å². The van der Waals surface area contributed by atoms with Gasteiger partial charge in [-0.05, 0) is 23.5 Å². The second-order valence-corrected chi connectivity index (χ2v) is 6.42. The lowest BCUT2D eigenvalue weighted by Crippen LogP contribution is -2.20. The minimum Gasteiger partial charge on any atom is -0.387 e. The average molecular weight is 290 g/mol. The number of nitrogens with one attached hydrogen (secondary N) is 1. The summed E-state index contributed by atoms with van der Waals surface area (Å²) in [6, 6.07) is 8.27. The lowest BCUT2D eigenvalue weighted by Gasteiger charge is -2.13. The van der Waals surface area contributed by atoms with Crippen molar-refractivity contribution in [2.24, 2.45) is 5.92 Å². The van der Waals surface area contributed by atoms with Gasteiger partial charge in [0.15, 0.2) is 0 Å². The van der Waals surface area contributed by atoms with E-state index < -0.39 is 6.10 Å². The molecule has 0 radical (unpaired) electrons. The highest BCUT2D eigenvalue weighted by atomic mass is 32.1. The number of thiazole rings is 1. The number of aromatic nitrogens is 1. The molecular formula is C16H22N2OS. The molecule has 1 aromatic carbocycles.